The van der Waals surface area contributed by atoms with Crippen molar-refractivity contribution in [2.75, 3.05) is 6.54 Å². The van der Waals surface area contributed by atoms with Gasteiger partial charge in [0, 0.05) is 6.54 Å². The zero-order valence-corrected chi connectivity index (χ0v) is 8.47. The maximum atomic E-state index is 10.7. The number of hydrogen-bond donors (Lipinski definition) is 2. The largest absolute Gasteiger partial charge is 0.480 e. The minimum absolute atomic E-state index is 0.423. The smallest absolute Gasteiger partial charge is 0.320 e. The Morgan fingerprint density at radius 2 is 2.15 bits per heavy atom. The van der Waals surface area contributed by atoms with Crippen LogP contribution in [-0.4, -0.2) is 23.7 Å². The summed E-state index contributed by atoms with van der Waals surface area (Å²) < 4.78 is 0. The second kappa shape index (κ2) is 6.66. The van der Waals surface area contributed by atoms with Crippen molar-refractivity contribution in [3.63, 3.8) is 0 Å². The summed E-state index contributed by atoms with van der Waals surface area (Å²) in [5, 5.41) is 11.8. The van der Waals surface area contributed by atoms with Gasteiger partial charge in [0.05, 0.1) is 0 Å². The molecule has 3 heteroatoms. The number of carbonyl (C=O) groups is 1. The summed E-state index contributed by atoms with van der Waals surface area (Å²) >= 11 is 0. The van der Waals surface area contributed by atoms with Gasteiger partial charge in [0.1, 0.15) is 6.04 Å². The van der Waals surface area contributed by atoms with Crippen LogP contribution in [-0.2, 0) is 4.79 Å². The molecule has 0 amide bonds. The monoisotopic (exact) mass is 185 g/mol. The highest BCUT2D eigenvalue weighted by molar-refractivity contribution is 5.73. The number of hydrogen-bond acceptors (Lipinski definition) is 2. The number of aliphatic carboxylic acids is 1. The van der Waals surface area contributed by atoms with E-state index >= 15 is 0 Å². The molecule has 1 atom stereocenters. The Morgan fingerprint density at radius 1 is 1.54 bits per heavy atom. The third-order valence-electron chi connectivity index (χ3n) is 1.97. The van der Waals surface area contributed by atoms with E-state index in [0.717, 1.165) is 18.4 Å². The van der Waals surface area contributed by atoms with E-state index in [2.05, 4.69) is 11.9 Å². The highest BCUT2D eigenvalue weighted by Gasteiger charge is 2.14. The summed E-state index contributed by atoms with van der Waals surface area (Å²) in [5.41, 5.74) is 1.04. The van der Waals surface area contributed by atoms with E-state index in [-0.39, 0.29) is 0 Å². The molecule has 0 heterocycles. The summed E-state index contributed by atoms with van der Waals surface area (Å²) in [5.74, 6) is -0.772. The summed E-state index contributed by atoms with van der Waals surface area (Å²) in [6, 6.07) is -0.423. The standard InChI is InChI=1S/C10H19NO2/c1-4-6-9(10(12)13)11-7-8(3)5-2/h9,11H,3-7H2,1-2H3,(H,12,13). The number of carboxylic acid groups (broad SMARTS) is 1. The molecule has 0 bridgehead atoms. The zero-order valence-electron chi connectivity index (χ0n) is 8.47. The van der Waals surface area contributed by atoms with Crippen LogP contribution in [0.1, 0.15) is 33.1 Å². The van der Waals surface area contributed by atoms with E-state index in [4.69, 9.17) is 5.11 Å². The maximum absolute atomic E-state index is 10.7. The van der Waals surface area contributed by atoms with Crippen LogP contribution < -0.4 is 5.32 Å². The molecular weight excluding hydrogens is 166 g/mol. The first-order valence-corrected chi connectivity index (χ1v) is 4.74. The van der Waals surface area contributed by atoms with E-state index in [0.29, 0.717) is 13.0 Å². The van der Waals surface area contributed by atoms with Crippen molar-refractivity contribution >= 4 is 5.97 Å². The van der Waals surface area contributed by atoms with Crippen molar-refractivity contribution in [3.05, 3.63) is 12.2 Å². The number of carboxylic acids is 1. The van der Waals surface area contributed by atoms with E-state index in [1.165, 1.54) is 0 Å². The van der Waals surface area contributed by atoms with Crippen LogP contribution in [0.3, 0.4) is 0 Å². The molecule has 13 heavy (non-hydrogen) atoms. The molecule has 0 aromatic rings. The van der Waals surface area contributed by atoms with Gasteiger partial charge in [-0.25, -0.2) is 0 Å². The quantitative estimate of drug-likeness (QED) is 0.594. The van der Waals surface area contributed by atoms with E-state index in [1.807, 2.05) is 13.8 Å². The molecule has 0 radical (unpaired) electrons. The molecule has 0 spiro atoms. The Labute approximate surface area is 79.8 Å². The number of rotatable bonds is 7. The van der Waals surface area contributed by atoms with Crippen molar-refractivity contribution < 1.29 is 9.90 Å². The van der Waals surface area contributed by atoms with Crippen LogP contribution in [0, 0.1) is 0 Å². The molecule has 2 N–H and O–H groups in total. The normalized spacial score (nSPS) is 12.5. The molecule has 0 saturated carbocycles. The Balaban J connectivity index is 3.82. The SMILES string of the molecule is C=C(CC)CNC(CCC)C(=O)O. The minimum Gasteiger partial charge on any atom is -0.480 e. The zero-order chi connectivity index (χ0) is 10.3. The Kier molecular flexibility index (Phi) is 6.24. The lowest BCUT2D eigenvalue weighted by Crippen LogP contribution is -2.37. The highest BCUT2D eigenvalue weighted by Crippen LogP contribution is 1.99. The molecule has 0 aromatic heterocycles. The molecule has 0 saturated heterocycles. The lowest BCUT2D eigenvalue weighted by atomic mass is 10.1. The average Bonchev–Trinajstić information content (AvgIpc) is 2.11. The van der Waals surface area contributed by atoms with Gasteiger partial charge >= 0.3 is 5.97 Å². The van der Waals surface area contributed by atoms with Crippen LogP contribution in [0.5, 0.6) is 0 Å². The summed E-state index contributed by atoms with van der Waals surface area (Å²) in [4.78, 5) is 10.7. The van der Waals surface area contributed by atoms with Crippen LogP contribution in [0.15, 0.2) is 12.2 Å². The molecule has 0 rings (SSSR count). The van der Waals surface area contributed by atoms with E-state index in [1.54, 1.807) is 0 Å². The summed E-state index contributed by atoms with van der Waals surface area (Å²) in [7, 11) is 0. The predicted octanol–water partition coefficient (Wildman–Crippen LogP) is 1.80. The van der Waals surface area contributed by atoms with Gasteiger partial charge in [-0.05, 0) is 12.8 Å². The van der Waals surface area contributed by atoms with Crippen LogP contribution in [0.2, 0.25) is 0 Å². The van der Waals surface area contributed by atoms with Crippen molar-refractivity contribution in [1.82, 2.24) is 5.32 Å². The fourth-order valence-corrected chi connectivity index (χ4v) is 0.994. The van der Waals surface area contributed by atoms with Gasteiger partial charge in [-0.1, -0.05) is 32.4 Å². The second-order valence-corrected chi connectivity index (χ2v) is 3.16. The first-order valence-electron chi connectivity index (χ1n) is 4.74. The third kappa shape index (κ3) is 5.42. The Hall–Kier alpha value is -0.830. The van der Waals surface area contributed by atoms with Crippen LogP contribution in [0.4, 0.5) is 0 Å². The third-order valence-corrected chi connectivity index (χ3v) is 1.97. The van der Waals surface area contributed by atoms with Crippen molar-refractivity contribution in [2.45, 2.75) is 39.2 Å². The van der Waals surface area contributed by atoms with Crippen LogP contribution >= 0.6 is 0 Å². The van der Waals surface area contributed by atoms with Crippen molar-refractivity contribution in [1.29, 1.82) is 0 Å². The number of nitrogens with one attached hydrogen (secondary N) is 1. The Bertz CT molecular complexity index is 178. The second-order valence-electron chi connectivity index (χ2n) is 3.16. The Morgan fingerprint density at radius 3 is 2.54 bits per heavy atom. The van der Waals surface area contributed by atoms with Gasteiger partial charge in [-0.3, -0.25) is 4.79 Å². The molecule has 0 aliphatic carbocycles. The van der Waals surface area contributed by atoms with E-state index in [9.17, 15) is 4.79 Å². The van der Waals surface area contributed by atoms with Gasteiger partial charge in [-0.2, -0.15) is 0 Å². The first-order chi connectivity index (χ1) is 6.11. The van der Waals surface area contributed by atoms with E-state index < -0.39 is 12.0 Å². The van der Waals surface area contributed by atoms with Gasteiger partial charge < -0.3 is 10.4 Å². The molecule has 76 valence electrons. The summed E-state index contributed by atoms with van der Waals surface area (Å²) in [6.07, 6.45) is 2.44. The molecule has 0 fully saturated rings. The molecule has 0 aromatic carbocycles. The fourth-order valence-electron chi connectivity index (χ4n) is 0.994. The van der Waals surface area contributed by atoms with Gasteiger partial charge in [0.15, 0.2) is 0 Å². The van der Waals surface area contributed by atoms with Crippen molar-refractivity contribution in [2.24, 2.45) is 0 Å². The molecule has 0 aliphatic rings. The first kappa shape index (κ1) is 12.2. The fraction of sp³-hybridized carbons (Fsp3) is 0.700. The van der Waals surface area contributed by atoms with Gasteiger partial charge in [0.2, 0.25) is 0 Å². The maximum Gasteiger partial charge on any atom is 0.320 e. The highest BCUT2D eigenvalue weighted by atomic mass is 16.4. The average molecular weight is 185 g/mol. The molecular formula is C10H19NO2. The lowest BCUT2D eigenvalue weighted by molar-refractivity contribution is -0.139. The van der Waals surface area contributed by atoms with Gasteiger partial charge in [-0.15, -0.1) is 0 Å². The minimum atomic E-state index is -0.772. The van der Waals surface area contributed by atoms with Crippen molar-refractivity contribution in [3.8, 4) is 0 Å². The van der Waals surface area contributed by atoms with Crippen LogP contribution in [0.25, 0.3) is 0 Å². The van der Waals surface area contributed by atoms with Gasteiger partial charge in [0.25, 0.3) is 0 Å². The predicted molar refractivity (Wildman–Crippen MR) is 53.8 cm³/mol. The lowest BCUT2D eigenvalue weighted by Gasteiger charge is -2.13. The topological polar surface area (TPSA) is 49.3 Å². The molecule has 1 unspecified atom stereocenters. The molecule has 3 nitrogen and oxygen atoms in total. The molecule has 0 aliphatic heterocycles. The summed E-state index contributed by atoms with van der Waals surface area (Å²) in [6.45, 7) is 8.41.